The summed E-state index contributed by atoms with van der Waals surface area (Å²) in [6.45, 7) is 3.74. The van der Waals surface area contributed by atoms with Crippen molar-refractivity contribution in [1.29, 1.82) is 0 Å². The summed E-state index contributed by atoms with van der Waals surface area (Å²) in [7, 11) is 4.98. The largest absolute Gasteiger partial charge is 0.496 e. The highest BCUT2D eigenvalue weighted by Gasteiger charge is 2.09. The van der Waals surface area contributed by atoms with Gasteiger partial charge in [-0.1, -0.05) is 24.3 Å². The highest BCUT2D eigenvalue weighted by atomic mass is 16.5. The summed E-state index contributed by atoms with van der Waals surface area (Å²) in [5, 5.41) is 0. The van der Waals surface area contributed by atoms with Crippen molar-refractivity contribution in [3.8, 4) is 5.75 Å². The van der Waals surface area contributed by atoms with Crippen molar-refractivity contribution in [3.05, 3.63) is 83.4 Å². The Hall–Kier alpha value is -3.14. The number of allylic oxidation sites excluding steroid dienone is 2. The number of hydrogen-bond donors (Lipinski definition) is 0. The molecule has 0 aromatic heterocycles. The van der Waals surface area contributed by atoms with Crippen LogP contribution in [0.15, 0.2) is 61.2 Å². The molecule has 0 saturated carbocycles. The van der Waals surface area contributed by atoms with E-state index in [1.54, 1.807) is 51.5 Å². The Bertz CT molecular complexity index is 833. The number of benzene rings is 2. The van der Waals surface area contributed by atoms with Gasteiger partial charge in [0.2, 0.25) is 0 Å². The summed E-state index contributed by atoms with van der Waals surface area (Å²) in [4.78, 5) is 25.8. The molecule has 0 aliphatic rings. The Morgan fingerprint density at radius 3 is 2.31 bits per heavy atom. The zero-order valence-corrected chi connectivity index (χ0v) is 15.4. The van der Waals surface area contributed by atoms with Gasteiger partial charge in [-0.3, -0.25) is 9.59 Å². The molecule has 1 amide bonds. The number of ether oxygens (including phenoxy) is 1. The summed E-state index contributed by atoms with van der Waals surface area (Å²) in [6, 6.07) is 12.5. The van der Waals surface area contributed by atoms with E-state index >= 15 is 0 Å². The number of carbonyl (C=O) groups excluding carboxylic acids is 2. The zero-order valence-electron chi connectivity index (χ0n) is 15.4. The maximum Gasteiger partial charge on any atom is 0.253 e. The minimum absolute atomic E-state index is 0.0942. The van der Waals surface area contributed by atoms with Gasteiger partial charge < -0.3 is 9.64 Å². The lowest BCUT2D eigenvalue weighted by atomic mass is 10.0. The van der Waals surface area contributed by atoms with Gasteiger partial charge in [-0.25, -0.2) is 0 Å². The van der Waals surface area contributed by atoms with Gasteiger partial charge in [-0.05, 0) is 48.4 Å². The lowest BCUT2D eigenvalue weighted by Gasteiger charge is -2.10. The number of carbonyl (C=O) groups is 2. The molecule has 0 saturated heterocycles. The molecule has 0 fully saturated rings. The fraction of sp³-hybridized carbons (Fsp3) is 0.182. The van der Waals surface area contributed by atoms with Crippen LogP contribution in [0.2, 0.25) is 0 Å². The quantitative estimate of drug-likeness (QED) is 0.431. The van der Waals surface area contributed by atoms with Crippen LogP contribution in [-0.2, 0) is 6.42 Å². The van der Waals surface area contributed by atoms with E-state index in [9.17, 15) is 9.59 Å². The molecule has 0 heterocycles. The molecular formula is C22H23NO3. The molecule has 0 bridgehead atoms. The molecule has 4 nitrogen and oxygen atoms in total. The van der Waals surface area contributed by atoms with Crippen LogP contribution < -0.4 is 4.74 Å². The standard InChI is InChI=1S/C22H23NO3/c1-5-6-16-7-14-21(26-4)19(15-16)12-13-20(24)17-8-10-18(11-9-17)22(25)23(2)3/h5,7-15H,1,6H2,2-4H3. The Kier molecular flexibility index (Phi) is 6.50. The minimum Gasteiger partial charge on any atom is -0.496 e. The van der Waals surface area contributed by atoms with E-state index in [0.29, 0.717) is 16.9 Å². The molecule has 0 unspecified atom stereocenters. The van der Waals surface area contributed by atoms with E-state index < -0.39 is 0 Å². The van der Waals surface area contributed by atoms with Crippen molar-refractivity contribution < 1.29 is 14.3 Å². The van der Waals surface area contributed by atoms with E-state index in [2.05, 4.69) is 6.58 Å². The van der Waals surface area contributed by atoms with Crippen molar-refractivity contribution in [1.82, 2.24) is 4.90 Å². The molecule has 0 radical (unpaired) electrons. The summed E-state index contributed by atoms with van der Waals surface area (Å²) < 4.78 is 5.35. The third-order valence-electron chi connectivity index (χ3n) is 3.91. The van der Waals surface area contributed by atoms with Crippen LogP contribution in [0, 0.1) is 0 Å². The Morgan fingerprint density at radius 2 is 1.73 bits per heavy atom. The van der Waals surface area contributed by atoms with Crippen LogP contribution in [0.5, 0.6) is 5.75 Å². The van der Waals surface area contributed by atoms with Crippen LogP contribution >= 0.6 is 0 Å². The predicted octanol–water partition coefficient (Wildman–Crippen LogP) is 4.02. The number of amides is 1. The summed E-state index contributed by atoms with van der Waals surface area (Å²) in [6.07, 6.45) is 5.84. The first kappa shape index (κ1) is 19.2. The second-order valence-electron chi connectivity index (χ2n) is 6.04. The molecular weight excluding hydrogens is 326 g/mol. The molecule has 0 atom stereocenters. The number of rotatable bonds is 7. The van der Waals surface area contributed by atoms with Gasteiger partial charge in [0.05, 0.1) is 7.11 Å². The molecule has 0 aliphatic carbocycles. The number of nitrogens with zero attached hydrogens (tertiary/aromatic N) is 1. The fourth-order valence-corrected chi connectivity index (χ4v) is 2.50. The first-order chi connectivity index (χ1) is 12.5. The highest BCUT2D eigenvalue weighted by Crippen LogP contribution is 2.22. The molecule has 0 N–H and O–H groups in total. The van der Waals surface area contributed by atoms with Crippen molar-refractivity contribution in [2.75, 3.05) is 21.2 Å². The lowest BCUT2D eigenvalue weighted by molar-refractivity contribution is 0.0827. The van der Waals surface area contributed by atoms with E-state index in [4.69, 9.17) is 4.74 Å². The number of methoxy groups -OCH3 is 1. The van der Waals surface area contributed by atoms with Gasteiger partial charge >= 0.3 is 0 Å². The topological polar surface area (TPSA) is 46.6 Å². The van der Waals surface area contributed by atoms with Gasteiger partial charge in [0.25, 0.3) is 5.91 Å². The Morgan fingerprint density at radius 1 is 1.08 bits per heavy atom. The van der Waals surface area contributed by atoms with Crippen molar-refractivity contribution >= 4 is 17.8 Å². The van der Waals surface area contributed by atoms with Gasteiger partial charge in [-0.15, -0.1) is 6.58 Å². The third kappa shape index (κ3) is 4.70. The normalized spacial score (nSPS) is 10.6. The molecule has 2 rings (SSSR count). The SMILES string of the molecule is C=CCc1ccc(OC)c(C=CC(=O)c2ccc(C(=O)N(C)C)cc2)c1. The fourth-order valence-electron chi connectivity index (χ4n) is 2.50. The van der Waals surface area contributed by atoms with E-state index in [1.165, 1.54) is 11.0 Å². The van der Waals surface area contributed by atoms with Crippen LogP contribution in [0.25, 0.3) is 6.08 Å². The maximum atomic E-state index is 12.4. The van der Waals surface area contributed by atoms with Crippen molar-refractivity contribution in [2.24, 2.45) is 0 Å². The summed E-state index contributed by atoms with van der Waals surface area (Å²) in [5.74, 6) is 0.474. The lowest BCUT2D eigenvalue weighted by Crippen LogP contribution is -2.21. The average molecular weight is 349 g/mol. The average Bonchev–Trinajstić information content (AvgIpc) is 2.66. The molecule has 2 aromatic rings. The monoisotopic (exact) mass is 349 g/mol. The van der Waals surface area contributed by atoms with Crippen LogP contribution in [0.1, 0.15) is 31.8 Å². The van der Waals surface area contributed by atoms with Crippen molar-refractivity contribution in [2.45, 2.75) is 6.42 Å². The number of hydrogen-bond acceptors (Lipinski definition) is 3. The molecule has 2 aromatic carbocycles. The van der Waals surface area contributed by atoms with Gasteiger partial charge in [0.15, 0.2) is 5.78 Å². The number of ketones is 1. The molecule has 26 heavy (non-hydrogen) atoms. The second-order valence-corrected chi connectivity index (χ2v) is 6.04. The summed E-state index contributed by atoms with van der Waals surface area (Å²) >= 11 is 0. The first-order valence-corrected chi connectivity index (χ1v) is 8.28. The molecule has 4 heteroatoms. The molecule has 134 valence electrons. The third-order valence-corrected chi connectivity index (χ3v) is 3.91. The van der Waals surface area contributed by atoms with Gasteiger partial charge in [0, 0.05) is 30.8 Å². The highest BCUT2D eigenvalue weighted by molar-refractivity contribution is 6.07. The van der Waals surface area contributed by atoms with Crippen molar-refractivity contribution in [3.63, 3.8) is 0 Å². The van der Waals surface area contributed by atoms with Gasteiger partial charge in [-0.2, -0.15) is 0 Å². The minimum atomic E-state index is -0.134. The predicted molar refractivity (Wildman–Crippen MR) is 105 cm³/mol. The summed E-state index contributed by atoms with van der Waals surface area (Å²) in [5.41, 5.74) is 3.01. The molecule has 0 spiro atoms. The van der Waals surface area contributed by atoms with Crippen LogP contribution in [-0.4, -0.2) is 37.8 Å². The smallest absolute Gasteiger partial charge is 0.253 e. The Labute approximate surface area is 154 Å². The zero-order chi connectivity index (χ0) is 19.1. The first-order valence-electron chi connectivity index (χ1n) is 8.28. The van der Waals surface area contributed by atoms with E-state index in [0.717, 1.165) is 17.5 Å². The van der Waals surface area contributed by atoms with Crippen LogP contribution in [0.4, 0.5) is 0 Å². The second kappa shape index (κ2) is 8.81. The van der Waals surface area contributed by atoms with E-state index in [1.807, 2.05) is 24.3 Å². The Balaban J connectivity index is 2.20. The maximum absolute atomic E-state index is 12.4. The van der Waals surface area contributed by atoms with E-state index in [-0.39, 0.29) is 11.7 Å². The van der Waals surface area contributed by atoms with Gasteiger partial charge in [0.1, 0.15) is 5.75 Å². The van der Waals surface area contributed by atoms with Crippen LogP contribution in [0.3, 0.4) is 0 Å². The molecule has 0 aliphatic heterocycles.